The van der Waals surface area contributed by atoms with E-state index in [4.69, 9.17) is 16.3 Å². The van der Waals surface area contributed by atoms with E-state index in [1.165, 1.54) is 16.4 Å². The Morgan fingerprint density at radius 3 is 2.31 bits per heavy atom. The first-order valence-corrected chi connectivity index (χ1v) is 12.1. The van der Waals surface area contributed by atoms with E-state index in [0.29, 0.717) is 31.3 Å². The summed E-state index contributed by atoms with van der Waals surface area (Å²) in [5, 5.41) is 3.59. The molecule has 0 bridgehead atoms. The van der Waals surface area contributed by atoms with Crippen molar-refractivity contribution in [1.82, 2.24) is 9.62 Å². The lowest BCUT2D eigenvalue weighted by Gasteiger charge is -2.26. The molecular weight excluding hydrogens is 448 g/mol. The molecule has 1 atom stereocenters. The van der Waals surface area contributed by atoms with Gasteiger partial charge in [0.25, 0.3) is 5.91 Å². The van der Waals surface area contributed by atoms with Crippen LogP contribution in [0.25, 0.3) is 0 Å². The van der Waals surface area contributed by atoms with Crippen molar-refractivity contribution in [3.05, 3.63) is 101 Å². The summed E-state index contributed by atoms with van der Waals surface area (Å²) in [6.45, 7) is 1.31. The number of nitrogens with zero attached hydrogens (tertiary/aromatic N) is 1. The van der Waals surface area contributed by atoms with Crippen LogP contribution < -0.4 is 5.32 Å². The van der Waals surface area contributed by atoms with E-state index in [2.05, 4.69) is 5.32 Å². The summed E-state index contributed by atoms with van der Waals surface area (Å²) in [6.07, 6.45) is 0. The first-order valence-electron chi connectivity index (χ1n) is 10.2. The molecule has 8 heteroatoms. The van der Waals surface area contributed by atoms with Gasteiger partial charge >= 0.3 is 0 Å². The van der Waals surface area contributed by atoms with Crippen molar-refractivity contribution in [3.8, 4) is 0 Å². The van der Waals surface area contributed by atoms with Crippen LogP contribution in [0.4, 0.5) is 0 Å². The number of carbonyl (C=O) groups is 1. The molecule has 0 spiro atoms. The van der Waals surface area contributed by atoms with E-state index in [-0.39, 0.29) is 16.4 Å². The Bertz CT molecular complexity index is 1200. The molecule has 1 unspecified atom stereocenters. The van der Waals surface area contributed by atoms with E-state index in [1.807, 2.05) is 42.5 Å². The summed E-state index contributed by atoms with van der Waals surface area (Å²) in [6, 6.07) is 22.5. The van der Waals surface area contributed by atoms with Crippen molar-refractivity contribution in [3.63, 3.8) is 0 Å². The van der Waals surface area contributed by atoms with Gasteiger partial charge in [0.15, 0.2) is 0 Å². The molecule has 0 aliphatic carbocycles. The number of benzene rings is 3. The summed E-state index contributed by atoms with van der Waals surface area (Å²) in [4.78, 5) is 13.3. The zero-order valence-electron chi connectivity index (χ0n) is 17.3. The lowest BCUT2D eigenvalue weighted by molar-refractivity contribution is 0.0730. The number of rotatable bonds is 6. The van der Waals surface area contributed by atoms with Crippen LogP contribution in [0.15, 0.2) is 83.8 Å². The highest BCUT2D eigenvalue weighted by molar-refractivity contribution is 7.89. The number of amides is 1. The SMILES string of the molecule is O=C(NC(c1ccccc1)c1cccc(Cl)c1)c1cccc(S(=O)(=O)N2CCOCC2)c1. The molecular formula is C24H23ClN2O4S. The Morgan fingerprint density at radius 1 is 0.906 bits per heavy atom. The van der Waals surface area contributed by atoms with Crippen LogP contribution >= 0.6 is 11.6 Å². The maximum Gasteiger partial charge on any atom is 0.252 e. The Hall–Kier alpha value is -2.71. The predicted octanol–water partition coefficient (Wildman–Crippen LogP) is 3.88. The third kappa shape index (κ3) is 5.02. The summed E-state index contributed by atoms with van der Waals surface area (Å²) in [5.41, 5.74) is 1.98. The Balaban J connectivity index is 1.62. The maximum atomic E-state index is 13.2. The quantitative estimate of drug-likeness (QED) is 0.593. The van der Waals surface area contributed by atoms with Gasteiger partial charge in [0.2, 0.25) is 10.0 Å². The van der Waals surface area contributed by atoms with Crippen molar-refractivity contribution in [2.24, 2.45) is 0 Å². The van der Waals surface area contributed by atoms with Crippen molar-refractivity contribution >= 4 is 27.5 Å². The van der Waals surface area contributed by atoms with Crippen LogP contribution in [0.1, 0.15) is 27.5 Å². The molecule has 1 N–H and O–H groups in total. The number of nitrogens with one attached hydrogen (secondary N) is 1. The molecule has 32 heavy (non-hydrogen) atoms. The van der Waals surface area contributed by atoms with Gasteiger partial charge in [-0.3, -0.25) is 4.79 Å². The molecule has 4 rings (SSSR count). The molecule has 6 nitrogen and oxygen atoms in total. The van der Waals surface area contributed by atoms with Crippen molar-refractivity contribution in [2.45, 2.75) is 10.9 Å². The minimum atomic E-state index is -3.70. The van der Waals surface area contributed by atoms with Crippen LogP contribution in [0.5, 0.6) is 0 Å². The molecule has 1 aliphatic heterocycles. The average molecular weight is 471 g/mol. The molecule has 1 amide bonds. The first-order chi connectivity index (χ1) is 15.4. The summed E-state index contributed by atoms with van der Waals surface area (Å²) >= 11 is 6.18. The van der Waals surface area contributed by atoms with Crippen LogP contribution in [0, 0.1) is 0 Å². The second-order valence-corrected chi connectivity index (χ2v) is 9.79. The lowest BCUT2D eigenvalue weighted by Crippen LogP contribution is -2.40. The third-order valence-electron chi connectivity index (χ3n) is 5.29. The molecule has 0 saturated carbocycles. The monoisotopic (exact) mass is 470 g/mol. The number of sulfonamides is 1. The average Bonchev–Trinajstić information content (AvgIpc) is 2.83. The zero-order chi connectivity index (χ0) is 22.6. The van der Waals surface area contributed by atoms with E-state index < -0.39 is 16.1 Å². The molecule has 1 aliphatic rings. The highest BCUT2D eigenvalue weighted by Gasteiger charge is 2.27. The van der Waals surface area contributed by atoms with Gasteiger partial charge in [0.05, 0.1) is 24.2 Å². The molecule has 0 radical (unpaired) electrons. The molecule has 1 fully saturated rings. The Kier molecular flexibility index (Phi) is 6.91. The van der Waals surface area contributed by atoms with E-state index >= 15 is 0 Å². The van der Waals surface area contributed by atoms with Crippen molar-refractivity contribution in [1.29, 1.82) is 0 Å². The molecule has 0 aromatic heterocycles. The van der Waals surface area contributed by atoms with E-state index in [9.17, 15) is 13.2 Å². The predicted molar refractivity (Wildman–Crippen MR) is 123 cm³/mol. The highest BCUT2D eigenvalue weighted by atomic mass is 35.5. The largest absolute Gasteiger partial charge is 0.379 e. The number of morpholine rings is 1. The number of hydrogen-bond acceptors (Lipinski definition) is 4. The van der Waals surface area contributed by atoms with Crippen LogP contribution in [-0.2, 0) is 14.8 Å². The lowest BCUT2D eigenvalue weighted by atomic mass is 9.98. The van der Waals surface area contributed by atoms with Crippen LogP contribution in [-0.4, -0.2) is 44.9 Å². The number of carbonyl (C=O) groups excluding carboxylic acids is 1. The minimum Gasteiger partial charge on any atom is -0.379 e. The highest BCUT2D eigenvalue weighted by Crippen LogP contribution is 2.25. The molecule has 3 aromatic rings. The second kappa shape index (κ2) is 9.83. The molecule has 1 heterocycles. The molecule has 3 aromatic carbocycles. The Morgan fingerprint density at radius 2 is 1.59 bits per heavy atom. The fourth-order valence-corrected chi connectivity index (χ4v) is 5.29. The number of hydrogen-bond donors (Lipinski definition) is 1. The topological polar surface area (TPSA) is 75.7 Å². The summed E-state index contributed by atoms with van der Waals surface area (Å²) in [5.74, 6) is -0.377. The van der Waals surface area contributed by atoms with E-state index in [1.54, 1.807) is 24.3 Å². The van der Waals surface area contributed by atoms with Crippen LogP contribution in [0.3, 0.4) is 0 Å². The Labute approximate surface area is 192 Å². The van der Waals surface area contributed by atoms with Gasteiger partial charge in [-0.15, -0.1) is 0 Å². The van der Waals surface area contributed by atoms with Crippen molar-refractivity contribution < 1.29 is 17.9 Å². The number of halogens is 1. The van der Waals surface area contributed by atoms with Gasteiger partial charge in [-0.05, 0) is 41.5 Å². The molecule has 166 valence electrons. The van der Waals surface area contributed by atoms with Gasteiger partial charge in [-0.2, -0.15) is 4.31 Å². The fraction of sp³-hybridized carbons (Fsp3) is 0.208. The van der Waals surface area contributed by atoms with Gasteiger partial charge in [0.1, 0.15) is 0 Å². The summed E-state index contributed by atoms with van der Waals surface area (Å²) in [7, 11) is -3.70. The fourth-order valence-electron chi connectivity index (χ4n) is 3.64. The summed E-state index contributed by atoms with van der Waals surface area (Å²) < 4.78 is 32.6. The zero-order valence-corrected chi connectivity index (χ0v) is 18.9. The van der Waals surface area contributed by atoms with Gasteiger partial charge in [0, 0.05) is 23.7 Å². The smallest absolute Gasteiger partial charge is 0.252 e. The third-order valence-corrected chi connectivity index (χ3v) is 7.42. The van der Waals surface area contributed by atoms with Gasteiger partial charge in [-0.25, -0.2) is 8.42 Å². The first kappa shape index (κ1) is 22.5. The van der Waals surface area contributed by atoms with Crippen LogP contribution in [0.2, 0.25) is 5.02 Å². The molecule has 1 saturated heterocycles. The van der Waals surface area contributed by atoms with E-state index in [0.717, 1.165) is 11.1 Å². The number of ether oxygens (including phenoxy) is 1. The normalized spacial score (nSPS) is 15.8. The maximum absolute atomic E-state index is 13.2. The standard InChI is InChI=1S/C24H23ClN2O4S/c25-21-10-4-8-19(16-21)23(18-6-2-1-3-7-18)26-24(28)20-9-5-11-22(17-20)32(29,30)27-12-14-31-15-13-27/h1-11,16-17,23H,12-15H2,(H,26,28). The minimum absolute atomic E-state index is 0.0890. The van der Waals surface area contributed by atoms with Gasteiger partial charge in [-0.1, -0.05) is 60.1 Å². The second-order valence-electron chi connectivity index (χ2n) is 7.42. The van der Waals surface area contributed by atoms with Crippen molar-refractivity contribution in [2.75, 3.05) is 26.3 Å². The van der Waals surface area contributed by atoms with Gasteiger partial charge < -0.3 is 10.1 Å².